The molecule has 3 N–H and O–H groups in total. The van der Waals surface area contributed by atoms with Crippen LogP contribution in [0.5, 0.6) is 0 Å². The Balaban J connectivity index is 1.65. The second kappa shape index (κ2) is 11.6. The van der Waals surface area contributed by atoms with Crippen LogP contribution in [0, 0.1) is 6.92 Å². The second-order valence-corrected chi connectivity index (χ2v) is 8.97. The Morgan fingerprint density at radius 1 is 0.969 bits per heavy atom. The van der Waals surface area contributed by atoms with Crippen molar-refractivity contribution in [1.29, 1.82) is 0 Å². The summed E-state index contributed by atoms with van der Waals surface area (Å²) in [5.41, 5.74) is 3.62. The molecule has 1 aromatic heterocycles. The maximum atomic E-state index is 13.0. The van der Waals surface area contributed by atoms with Crippen molar-refractivity contribution < 1.29 is 14.7 Å². The van der Waals surface area contributed by atoms with Crippen LogP contribution in [0.1, 0.15) is 28.2 Å². The van der Waals surface area contributed by atoms with Gasteiger partial charge in [0.25, 0.3) is 0 Å². The van der Waals surface area contributed by atoms with Gasteiger partial charge in [0, 0.05) is 6.42 Å². The number of aliphatic hydroxyl groups excluding tert-OH is 1. The zero-order chi connectivity index (χ0) is 22.9. The van der Waals surface area contributed by atoms with Crippen LogP contribution in [-0.2, 0) is 22.6 Å². The van der Waals surface area contributed by atoms with Gasteiger partial charge in [-0.1, -0.05) is 30.3 Å². The van der Waals surface area contributed by atoms with Crippen molar-refractivity contribution in [2.75, 3.05) is 6.54 Å². The molecule has 0 aliphatic carbocycles. The first-order chi connectivity index (χ1) is 15.4. The number of hydrogen-bond acceptors (Lipinski definition) is 4. The summed E-state index contributed by atoms with van der Waals surface area (Å²) in [6.07, 6.45) is 0.787. The minimum absolute atomic E-state index is 0.0919. The van der Waals surface area contributed by atoms with Gasteiger partial charge in [0.2, 0.25) is 0 Å². The summed E-state index contributed by atoms with van der Waals surface area (Å²) < 4.78 is 0.974. The summed E-state index contributed by atoms with van der Waals surface area (Å²) in [5, 5.41) is 16.0. The van der Waals surface area contributed by atoms with Gasteiger partial charge in [0.05, 0.1) is 0 Å². The maximum absolute atomic E-state index is 13.0. The van der Waals surface area contributed by atoms with Gasteiger partial charge in [-0.25, -0.2) is 0 Å². The van der Waals surface area contributed by atoms with Gasteiger partial charge in [-0.05, 0) is 5.56 Å². The first-order valence-electron chi connectivity index (χ1n) is 10.5. The zero-order valence-corrected chi connectivity index (χ0v) is 20.4. The molecule has 0 bridgehead atoms. The number of benzene rings is 2. The number of nitrogens with one attached hydrogen (secondary N) is 2. The molecule has 6 nitrogen and oxygen atoms in total. The van der Waals surface area contributed by atoms with E-state index in [9.17, 15) is 14.7 Å². The molecule has 0 aliphatic rings. The standard InChI is InChI=1S/C25H28AsN3O3/c1-17-6-5-9-20(12-17)21(24(31)28-15-19-10-11-23(26)27-14-19)16-29-25(32)22(30)13-18-7-3-2-4-8-18/h2-12,14,21-22,30H,13,15-16,26H2,1H3,(H,28,31)(H,29,32)/t21-,22+/m0/s1. The summed E-state index contributed by atoms with van der Waals surface area (Å²) >= 11 is 1.45. The van der Waals surface area contributed by atoms with E-state index in [0.29, 0.717) is 6.54 Å². The normalized spacial score (nSPS) is 12.6. The van der Waals surface area contributed by atoms with E-state index in [2.05, 4.69) is 15.6 Å². The fraction of sp³-hybridized carbons (Fsp3) is 0.240. The summed E-state index contributed by atoms with van der Waals surface area (Å²) in [7, 11) is 0. The predicted molar refractivity (Wildman–Crippen MR) is 127 cm³/mol. The number of aliphatic hydroxyl groups is 1. The molecule has 7 heteroatoms. The number of carbonyl (C=O) groups is 2. The molecule has 3 aromatic rings. The Kier molecular flexibility index (Phi) is 8.60. The molecular weight excluding hydrogens is 465 g/mol. The van der Waals surface area contributed by atoms with Crippen molar-refractivity contribution in [3.8, 4) is 0 Å². The fourth-order valence-corrected chi connectivity index (χ4v) is 3.71. The average Bonchev–Trinajstić information content (AvgIpc) is 2.79. The molecule has 0 saturated heterocycles. The SMILES string of the molecule is Cc1cccc([C@H](CNC(=O)[C@H](O)Cc2ccccc2)C(=O)NCc2ccc([AsH2])nc2)c1. The monoisotopic (exact) mass is 493 g/mol. The van der Waals surface area contributed by atoms with Crippen molar-refractivity contribution in [3.05, 3.63) is 95.2 Å². The van der Waals surface area contributed by atoms with Crippen LogP contribution < -0.4 is 15.1 Å². The van der Waals surface area contributed by atoms with Gasteiger partial charge in [0.15, 0.2) is 0 Å². The van der Waals surface area contributed by atoms with Gasteiger partial charge in [-0.15, -0.1) is 0 Å². The Morgan fingerprint density at radius 3 is 2.44 bits per heavy atom. The van der Waals surface area contributed by atoms with Crippen molar-refractivity contribution in [2.24, 2.45) is 0 Å². The zero-order valence-electron chi connectivity index (χ0n) is 18.0. The molecular formula is C25H28AsN3O3. The number of rotatable bonds is 9. The van der Waals surface area contributed by atoms with E-state index >= 15 is 0 Å². The van der Waals surface area contributed by atoms with Crippen LogP contribution in [0.3, 0.4) is 0 Å². The van der Waals surface area contributed by atoms with E-state index in [1.165, 1.54) is 16.9 Å². The first kappa shape index (κ1) is 23.7. The number of aryl methyl sites for hydroxylation is 1. The van der Waals surface area contributed by atoms with Crippen LogP contribution >= 0.6 is 0 Å². The van der Waals surface area contributed by atoms with E-state index in [1.807, 2.05) is 73.7 Å². The molecule has 1 unspecified atom stereocenters. The van der Waals surface area contributed by atoms with Crippen LogP contribution in [-0.4, -0.2) is 51.4 Å². The summed E-state index contributed by atoms with van der Waals surface area (Å²) in [5.74, 6) is -1.27. The van der Waals surface area contributed by atoms with Gasteiger partial charge >= 0.3 is 150 Å². The molecule has 0 aliphatic heterocycles. The molecule has 2 aromatic carbocycles. The van der Waals surface area contributed by atoms with Crippen LogP contribution in [0.25, 0.3) is 0 Å². The van der Waals surface area contributed by atoms with Crippen LogP contribution in [0.2, 0.25) is 0 Å². The Labute approximate surface area is 197 Å². The molecule has 3 rings (SSSR count). The van der Waals surface area contributed by atoms with Crippen molar-refractivity contribution in [3.63, 3.8) is 0 Å². The summed E-state index contributed by atoms with van der Waals surface area (Å²) in [6, 6.07) is 20.9. The van der Waals surface area contributed by atoms with E-state index < -0.39 is 17.9 Å². The predicted octanol–water partition coefficient (Wildman–Crippen LogP) is 0.768. The third-order valence-corrected chi connectivity index (χ3v) is 5.85. The molecule has 3 atom stereocenters. The number of hydrogen-bond donors (Lipinski definition) is 3. The van der Waals surface area contributed by atoms with E-state index in [-0.39, 0.29) is 18.9 Å². The molecule has 166 valence electrons. The topological polar surface area (TPSA) is 91.3 Å². The van der Waals surface area contributed by atoms with E-state index in [1.54, 1.807) is 6.20 Å². The van der Waals surface area contributed by atoms with Gasteiger partial charge in [0.1, 0.15) is 0 Å². The Bertz CT molecular complexity index is 1040. The Morgan fingerprint density at radius 2 is 1.75 bits per heavy atom. The second-order valence-electron chi connectivity index (χ2n) is 7.73. The summed E-state index contributed by atoms with van der Waals surface area (Å²) in [4.78, 5) is 29.8. The molecule has 0 saturated carbocycles. The number of pyridine rings is 1. The minimum atomic E-state index is -1.18. The Hall–Kier alpha value is -2.95. The molecule has 0 fully saturated rings. The van der Waals surface area contributed by atoms with Crippen molar-refractivity contribution in [1.82, 2.24) is 15.6 Å². The fourth-order valence-electron chi connectivity index (χ4n) is 3.35. The molecule has 1 heterocycles. The van der Waals surface area contributed by atoms with E-state index in [0.717, 1.165) is 26.7 Å². The number of aromatic nitrogens is 1. The first-order valence-corrected chi connectivity index (χ1v) is 11.7. The summed E-state index contributed by atoms with van der Waals surface area (Å²) in [6.45, 7) is 2.40. The van der Waals surface area contributed by atoms with E-state index in [4.69, 9.17) is 0 Å². The van der Waals surface area contributed by atoms with Crippen molar-refractivity contribution >= 4 is 33.1 Å². The third kappa shape index (κ3) is 7.04. The molecule has 2 amide bonds. The quantitative estimate of drug-likeness (QED) is 0.384. The molecule has 32 heavy (non-hydrogen) atoms. The van der Waals surface area contributed by atoms with Crippen LogP contribution in [0.4, 0.5) is 0 Å². The van der Waals surface area contributed by atoms with Crippen molar-refractivity contribution in [2.45, 2.75) is 31.9 Å². The number of carbonyl (C=O) groups excluding carboxylic acids is 2. The number of nitrogens with zero attached hydrogens (tertiary/aromatic N) is 1. The molecule has 0 spiro atoms. The van der Waals surface area contributed by atoms with Gasteiger partial charge < -0.3 is 5.11 Å². The molecule has 0 radical (unpaired) electrons. The third-order valence-electron chi connectivity index (χ3n) is 5.13. The van der Waals surface area contributed by atoms with Crippen LogP contribution in [0.15, 0.2) is 72.9 Å². The van der Waals surface area contributed by atoms with Gasteiger partial charge in [-0.3, -0.25) is 0 Å². The van der Waals surface area contributed by atoms with Gasteiger partial charge in [-0.2, -0.15) is 0 Å². The number of amides is 2. The average molecular weight is 493 g/mol.